The zero-order chi connectivity index (χ0) is 12.3. The van der Waals surface area contributed by atoms with Crippen LogP contribution in [0.2, 0.25) is 0 Å². The van der Waals surface area contributed by atoms with Crippen LogP contribution in [0, 0.1) is 0 Å². The fraction of sp³-hybridized carbons (Fsp3) is 0.308. The molecule has 4 heteroatoms. The molecule has 0 amide bonds. The Morgan fingerprint density at radius 1 is 1.41 bits per heavy atom. The minimum absolute atomic E-state index is 0.0271. The summed E-state index contributed by atoms with van der Waals surface area (Å²) in [6.45, 7) is 0.689. The van der Waals surface area contributed by atoms with E-state index in [4.69, 9.17) is 9.84 Å². The number of methoxy groups -OCH3 is 1. The van der Waals surface area contributed by atoms with E-state index in [9.17, 15) is 4.79 Å². The highest BCUT2D eigenvalue weighted by Crippen LogP contribution is 2.23. The van der Waals surface area contributed by atoms with Crippen molar-refractivity contribution in [1.29, 1.82) is 0 Å². The SMILES string of the molecule is COc1ccc(C2C=C(C(=O)O)CCN2)cc1. The lowest BCUT2D eigenvalue weighted by atomic mass is 9.98. The van der Waals surface area contributed by atoms with E-state index in [0.717, 1.165) is 11.3 Å². The molecule has 1 aromatic carbocycles. The Hall–Kier alpha value is -1.81. The number of rotatable bonds is 3. The van der Waals surface area contributed by atoms with Gasteiger partial charge in [0.2, 0.25) is 0 Å². The summed E-state index contributed by atoms with van der Waals surface area (Å²) in [5.41, 5.74) is 1.52. The summed E-state index contributed by atoms with van der Waals surface area (Å²) in [5.74, 6) is -0.0305. The van der Waals surface area contributed by atoms with Crippen LogP contribution in [-0.4, -0.2) is 24.7 Å². The van der Waals surface area contributed by atoms with Crippen molar-refractivity contribution in [3.63, 3.8) is 0 Å². The Morgan fingerprint density at radius 3 is 2.71 bits per heavy atom. The lowest BCUT2D eigenvalue weighted by Crippen LogP contribution is -2.27. The number of benzene rings is 1. The predicted molar refractivity (Wildman–Crippen MR) is 64.1 cm³/mol. The topological polar surface area (TPSA) is 58.6 Å². The van der Waals surface area contributed by atoms with Gasteiger partial charge in [-0.1, -0.05) is 18.2 Å². The maximum atomic E-state index is 10.9. The van der Waals surface area contributed by atoms with Crippen molar-refractivity contribution in [2.24, 2.45) is 0 Å². The van der Waals surface area contributed by atoms with Crippen molar-refractivity contribution in [2.75, 3.05) is 13.7 Å². The third-order valence-corrected chi connectivity index (χ3v) is 2.88. The van der Waals surface area contributed by atoms with E-state index < -0.39 is 5.97 Å². The summed E-state index contributed by atoms with van der Waals surface area (Å²) < 4.78 is 5.09. The van der Waals surface area contributed by atoms with Gasteiger partial charge in [-0.3, -0.25) is 0 Å². The maximum Gasteiger partial charge on any atom is 0.331 e. The van der Waals surface area contributed by atoms with Crippen LogP contribution in [-0.2, 0) is 4.79 Å². The van der Waals surface area contributed by atoms with Crippen LogP contribution >= 0.6 is 0 Å². The summed E-state index contributed by atoms with van der Waals surface area (Å²) in [5, 5.41) is 12.2. The summed E-state index contributed by atoms with van der Waals surface area (Å²) in [4.78, 5) is 10.9. The molecule has 1 heterocycles. The van der Waals surface area contributed by atoms with Crippen LogP contribution in [0.3, 0.4) is 0 Å². The quantitative estimate of drug-likeness (QED) is 0.835. The first-order chi connectivity index (χ1) is 8.20. The molecule has 0 spiro atoms. The van der Waals surface area contributed by atoms with Gasteiger partial charge in [-0.15, -0.1) is 0 Å². The number of carboxylic acid groups (broad SMARTS) is 1. The number of ether oxygens (including phenoxy) is 1. The van der Waals surface area contributed by atoms with Gasteiger partial charge in [0.1, 0.15) is 5.75 Å². The molecule has 4 nitrogen and oxygen atoms in total. The molecule has 2 N–H and O–H groups in total. The summed E-state index contributed by atoms with van der Waals surface area (Å²) in [7, 11) is 1.62. The number of hydrogen-bond acceptors (Lipinski definition) is 3. The van der Waals surface area contributed by atoms with Crippen LogP contribution in [0.15, 0.2) is 35.9 Å². The number of aliphatic carboxylic acids is 1. The first kappa shape index (κ1) is 11.7. The first-order valence-corrected chi connectivity index (χ1v) is 5.52. The van der Waals surface area contributed by atoms with E-state index in [1.165, 1.54) is 0 Å². The third kappa shape index (κ3) is 2.65. The smallest absolute Gasteiger partial charge is 0.331 e. The van der Waals surface area contributed by atoms with Crippen LogP contribution in [0.25, 0.3) is 0 Å². The molecule has 1 unspecified atom stereocenters. The lowest BCUT2D eigenvalue weighted by molar-refractivity contribution is -0.132. The van der Waals surface area contributed by atoms with Crippen LogP contribution < -0.4 is 10.1 Å². The van der Waals surface area contributed by atoms with E-state index >= 15 is 0 Å². The Bertz CT molecular complexity index is 436. The fourth-order valence-corrected chi connectivity index (χ4v) is 1.91. The summed E-state index contributed by atoms with van der Waals surface area (Å²) in [6, 6.07) is 7.61. The first-order valence-electron chi connectivity index (χ1n) is 5.52. The number of hydrogen-bond donors (Lipinski definition) is 2. The minimum Gasteiger partial charge on any atom is -0.497 e. The van der Waals surface area contributed by atoms with Gasteiger partial charge in [-0.2, -0.15) is 0 Å². The Kier molecular flexibility index (Phi) is 3.44. The molecular weight excluding hydrogens is 218 g/mol. The zero-order valence-corrected chi connectivity index (χ0v) is 9.64. The fourth-order valence-electron chi connectivity index (χ4n) is 1.91. The maximum absolute atomic E-state index is 10.9. The van der Waals surface area contributed by atoms with Crippen molar-refractivity contribution in [2.45, 2.75) is 12.5 Å². The number of carbonyl (C=O) groups is 1. The largest absolute Gasteiger partial charge is 0.497 e. The van der Waals surface area contributed by atoms with Gasteiger partial charge in [0.15, 0.2) is 0 Å². The van der Waals surface area contributed by atoms with E-state index in [0.29, 0.717) is 18.5 Å². The highest BCUT2D eigenvalue weighted by atomic mass is 16.5. The second kappa shape index (κ2) is 5.01. The molecule has 1 aromatic rings. The average molecular weight is 233 g/mol. The van der Waals surface area contributed by atoms with E-state index in [2.05, 4.69) is 5.32 Å². The highest BCUT2D eigenvalue weighted by molar-refractivity contribution is 5.86. The van der Waals surface area contributed by atoms with E-state index in [-0.39, 0.29) is 6.04 Å². The van der Waals surface area contributed by atoms with Crippen molar-refractivity contribution in [1.82, 2.24) is 5.32 Å². The molecule has 0 bridgehead atoms. The zero-order valence-electron chi connectivity index (χ0n) is 9.64. The van der Waals surface area contributed by atoms with Gasteiger partial charge in [0.05, 0.1) is 13.2 Å². The van der Waals surface area contributed by atoms with Crippen LogP contribution in [0.5, 0.6) is 5.75 Å². The molecule has 1 aliphatic heterocycles. The van der Waals surface area contributed by atoms with Crippen molar-refractivity contribution in [3.8, 4) is 5.75 Å². The standard InChI is InChI=1S/C13H15NO3/c1-17-11-4-2-9(3-5-11)12-8-10(13(15)16)6-7-14-12/h2-5,8,12,14H,6-7H2,1H3,(H,15,16). The van der Waals surface area contributed by atoms with Crippen molar-refractivity contribution >= 4 is 5.97 Å². The molecule has 90 valence electrons. The monoisotopic (exact) mass is 233 g/mol. The molecule has 2 rings (SSSR count). The van der Waals surface area contributed by atoms with Gasteiger partial charge >= 0.3 is 5.97 Å². The third-order valence-electron chi connectivity index (χ3n) is 2.88. The summed E-state index contributed by atoms with van der Waals surface area (Å²) >= 11 is 0. The van der Waals surface area contributed by atoms with E-state index in [1.54, 1.807) is 13.2 Å². The van der Waals surface area contributed by atoms with Gasteiger partial charge in [0.25, 0.3) is 0 Å². The van der Waals surface area contributed by atoms with Crippen LogP contribution in [0.4, 0.5) is 0 Å². The molecule has 0 aliphatic carbocycles. The molecule has 1 aliphatic rings. The average Bonchev–Trinajstić information content (AvgIpc) is 2.39. The van der Waals surface area contributed by atoms with Gasteiger partial charge in [-0.25, -0.2) is 4.79 Å². The molecule has 1 atom stereocenters. The molecule has 17 heavy (non-hydrogen) atoms. The second-order valence-corrected chi connectivity index (χ2v) is 3.95. The Labute approximate surface area is 99.9 Å². The van der Waals surface area contributed by atoms with Gasteiger partial charge < -0.3 is 15.2 Å². The number of carboxylic acids is 1. The molecule has 0 aromatic heterocycles. The number of nitrogens with one attached hydrogen (secondary N) is 1. The highest BCUT2D eigenvalue weighted by Gasteiger charge is 2.18. The Balaban J connectivity index is 2.21. The normalized spacial score (nSPS) is 19.6. The second-order valence-electron chi connectivity index (χ2n) is 3.95. The minimum atomic E-state index is -0.829. The van der Waals surface area contributed by atoms with Crippen molar-refractivity contribution < 1.29 is 14.6 Å². The predicted octanol–water partition coefficient (Wildman–Crippen LogP) is 1.74. The van der Waals surface area contributed by atoms with Gasteiger partial charge in [-0.05, 0) is 24.1 Å². The van der Waals surface area contributed by atoms with Gasteiger partial charge in [0, 0.05) is 12.1 Å². The Morgan fingerprint density at radius 2 is 2.12 bits per heavy atom. The van der Waals surface area contributed by atoms with Crippen LogP contribution in [0.1, 0.15) is 18.0 Å². The molecular formula is C13H15NO3. The molecule has 0 saturated carbocycles. The summed E-state index contributed by atoms with van der Waals surface area (Å²) in [6.07, 6.45) is 2.34. The molecule has 0 saturated heterocycles. The molecule has 0 radical (unpaired) electrons. The molecule has 0 fully saturated rings. The van der Waals surface area contributed by atoms with E-state index in [1.807, 2.05) is 24.3 Å². The lowest BCUT2D eigenvalue weighted by Gasteiger charge is -2.21. The van der Waals surface area contributed by atoms with Crippen molar-refractivity contribution in [3.05, 3.63) is 41.5 Å².